The third-order valence-electron chi connectivity index (χ3n) is 2.07. The van der Waals surface area contributed by atoms with E-state index in [-0.39, 0.29) is 18.5 Å². The summed E-state index contributed by atoms with van der Waals surface area (Å²) in [6.45, 7) is 1.20. The normalized spacial score (nSPS) is 16.1. The Labute approximate surface area is 92.6 Å². The van der Waals surface area contributed by atoms with Gasteiger partial charge in [-0.3, -0.25) is 9.59 Å². The van der Waals surface area contributed by atoms with Crippen molar-refractivity contribution in [3.63, 3.8) is 0 Å². The molecule has 4 N–H and O–H groups in total. The number of carbonyl (C=O) groups excluding carboxylic acids is 2. The summed E-state index contributed by atoms with van der Waals surface area (Å²) in [5, 5.41) is 15.7. The minimum Gasteiger partial charge on any atom is -0.480 e. The first-order valence-electron chi connectivity index (χ1n) is 5.05. The molecule has 1 aliphatic carbocycles. The summed E-state index contributed by atoms with van der Waals surface area (Å²) in [4.78, 5) is 32.7. The molecule has 1 unspecified atom stereocenters. The average molecular weight is 229 g/mol. The first-order chi connectivity index (χ1) is 7.49. The van der Waals surface area contributed by atoms with Gasteiger partial charge in [-0.2, -0.15) is 0 Å². The minimum absolute atomic E-state index is 0.144. The Kier molecular flexibility index (Phi) is 4.10. The van der Waals surface area contributed by atoms with E-state index >= 15 is 0 Å². The molecule has 0 aromatic heterocycles. The van der Waals surface area contributed by atoms with E-state index in [4.69, 9.17) is 5.11 Å². The molecule has 1 atom stereocenters. The van der Waals surface area contributed by atoms with Crippen molar-refractivity contribution >= 4 is 17.9 Å². The van der Waals surface area contributed by atoms with Gasteiger partial charge in [-0.05, 0) is 19.8 Å². The average Bonchev–Trinajstić information content (AvgIpc) is 2.98. The van der Waals surface area contributed by atoms with Crippen LogP contribution in [0.2, 0.25) is 0 Å². The summed E-state index contributed by atoms with van der Waals surface area (Å²) in [6.07, 6.45) is 1.96. The second-order valence-electron chi connectivity index (χ2n) is 3.73. The fourth-order valence-electron chi connectivity index (χ4n) is 0.976. The summed E-state index contributed by atoms with van der Waals surface area (Å²) >= 11 is 0. The van der Waals surface area contributed by atoms with Crippen LogP contribution in [-0.4, -0.2) is 41.6 Å². The summed E-state index contributed by atoms with van der Waals surface area (Å²) in [6, 6.07) is -1.40. The van der Waals surface area contributed by atoms with Crippen LogP contribution in [0.1, 0.15) is 19.8 Å². The van der Waals surface area contributed by atoms with Crippen molar-refractivity contribution in [1.29, 1.82) is 0 Å². The summed E-state index contributed by atoms with van der Waals surface area (Å²) in [5.41, 5.74) is 0. The molecular weight excluding hydrogens is 214 g/mol. The molecule has 1 saturated carbocycles. The van der Waals surface area contributed by atoms with E-state index in [2.05, 4.69) is 16.0 Å². The Morgan fingerprint density at radius 1 is 1.38 bits per heavy atom. The van der Waals surface area contributed by atoms with Gasteiger partial charge in [-0.25, -0.2) is 4.79 Å². The Hall–Kier alpha value is -1.79. The van der Waals surface area contributed by atoms with Crippen LogP contribution in [0, 0.1) is 0 Å². The predicted molar refractivity (Wildman–Crippen MR) is 54.8 cm³/mol. The van der Waals surface area contributed by atoms with Crippen LogP contribution in [0.3, 0.4) is 0 Å². The van der Waals surface area contributed by atoms with Gasteiger partial charge in [0.1, 0.15) is 6.04 Å². The smallest absolute Gasteiger partial charge is 0.325 e. The number of carbonyl (C=O) groups is 3. The molecule has 0 aliphatic heterocycles. The monoisotopic (exact) mass is 229 g/mol. The molecule has 0 radical (unpaired) electrons. The summed E-state index contributed by atoms with van der Waals surface area (Å²) < 4.78 is 0. The molecule has 0 heterocycles. The van der Waals surface area contributed by atoms with Crippen molar-refractivity contribution in [2.75, 3.05) is 6.54 Å². The number of amides is 3. The summed E-state index contributed by atoms with van der Waals surface area (Å²) in [5.74, 6) is -1.39. The molecule has 0 aromatic carbocycles. The highest BCUT2D eigenvalue weighted by atomic mass is 16.4. The van der Waals surface area contributed by atoms with Gasteiger partial charge in [0.05, 0.1) is 6.54 Å². The second kappa shape index (κ2) is 5.34. The van der Waals surface area contributed by atoms with Crippen LogP contribution in [0.4, 0.5) is 4.79 Å². The third-order valence-corrected chi connectivity index (χ3v) is 2.07. The van der Waals surface area contributed by atoms with Gasteiger partial charge in [0.25, 0.3) is 0 Å². The molecular formula is C9H15N3O4. The highest BCUT2D eigenvalue weighted by Gasteiger charge is 2.23. The molecule has 1 aliphatic rings. The lowest BCUT2D eigenvalue weighted by Crippen LogP contribution is -2.47. The predicted octanol–water partition coefficient (Wildman–Crippen LogP) is -0.963. The van der Waals surface area contributed by atoms with Crippen LogP contribution in [-0.2, 0) is 9.59 Å². The Morgan fingerprint density at radius 3 is 2.50 bits per heavy atom. The lowest BCUT2D eigenvalue weighted by molar-refractivity contribution is -0.138. The van der Waals surface area contributed by atoms with Gasteiger partial charge >= 0.3 is 12.0 Å². The molecule has 0 spiro atoms. The van der Waals surface area contributed by atoms with E-state index in [1.54, 1.807) is 0 Å². The standard InChI is InChI=1S/C9H15N3O4/c1-5(8(14)15)11-9(16)10-4-7(13)12-6-2-3-6/h5-6H,2-4H2,1H3,(H,12,13)(H,14,15)(H2,10,11,16). The lowest BCUT2D eigenvalue weighted by Gasteiger charge is -2.10. The van der Waals surface area contributed by atoms with E-state index in [1.165, 1.54) is 6.92 Å². The fraction of sp³-hybridized carbons (Fsp3) is 0.667. The maximum absolute atomic E-state index is 11.1. The number of carboxylic acids is 1. The number of aliphatic carboxylic acids is 1. The number of urea groups is 1. The minimum atomic E-state index is -1.13. The SMILES string of the molecule is CC(NC(=O)NCC(=O)NC1CC1)C(=O)O. The Morgan fingerprint density at radius 2 is 2.00 bits per heavy atom. The van der Waals surface area contributed by atoms with E-state index in [0.717, 1.165) is 12.8 Å². The van der Waals surface area contributed by atoms with Gasteiger partial charge < -0.3 is 21.1 Å². The maximum atomic E-state index is 11.1. The zero-order valence-corrected chi connectivity index (χ0v) is 8.95. The largest absolute Gasteiger partial charge is 0.480 e. The van der Waals surface area contributed by atoms with Crippen molar-refractivity contribution in [1.82, 2.24) is 16.0 Å². The van der Waals surface area contributed by atoms with Crippen molar-refractivity contribution in [3.8, 4) is 0 Å². The number of hydrogen-bond donors (Lipinski definition) is 4. The van der Waals surface area contributed by atoms with Crippen LogP contribution in [0.15, 0.2) is 0 Å². The third kappa shape index (κ3) is 4.63. The molecule has 7 nitrogen and oxygen atoms in total. The molecule has 0 saturated heterocycles. The van der Waals surface area contributed by atoms with Crippen molar-refractivity contribution in [2.45, 2.75) is 31.8 Å². The van der Waals surface area contributed by atoms with Gasteiger partial charge in [-0.15, -0.1) is 0 Å². The Bertz CT molecular complexity index is 301. The van der Waals surface area contributed by atoms with Crippen molar-refractivity contribution in [2.24, 2.45) is 0 Å². The van der Waals surface area contributed by atoms with Gasteiger partial charge in [-0.1, -0.05) is 0 Å². The molecule has 16 heavy (non-hydrogen) atoms. The molecule has 1 fully saturated rings. The molecule has 3 amide bonds. The molecule has 1 rings (SSSR count). The van der Waals surface area contributed by atoms with Crippen LogP contribution >= 0.6 is 0 Å². The number of nitrogens with one attached hydrogen (secondary N) is 3. The van der Waals surface area contributed by atoms with Crippen molar-refractivity contribution < 1.29 is 19.5 Å². The lowest BCUT2D eigenvalue weighted by atomic mass is 10.3. The van der Waals surface area contributed by atoms with Gasteiger partial charge in [0.2, 0.25) is 5.91 Å². The second-order valence-corrected chi connectivity index (χ2v) is 3.73. The zero-order chi connectivity index (χ0) is 12.1. The molecule has 90 valence electrons. The number of rotatable bonds is 5. The zero-order valence-electron chi connectivity index (χ0n) is 8.95. The van der Waals surface area contributed by atoms with Crippen molar-refractivity contribution in [3.05, 3.63) is 0 Å². The summed E-state index contributed by atoms with van der Waals surface area (Å²) in [7, 11) is 0. The van der Waals surface area contributed by atoms with E-state index in [0.29, 0.717) is 0 Å². The van der Waals surface area contributed by atoms with E-state index in [9.17, 15) is 14.4 Å². The first-order valence-corrected chi connectivity index (χ1v) is 5.05. The first kappa shape index (κ1) is 12.3. The quantitative estimate of drug-likeness (QED) is 0.487. The fourth-order valence-corrected chi connectivity index (χ4v) is 0.976. The Balaban J connectivity index is 2.13. The van der Waals surface area contributed by atoms with Gasteiger partial charge in [0.15, 0.2) is 0 Å². The van der Waals surface area contributed by atoms with Crippen LogP contribution in [0.5, 0.6) is 0 Å². The maximum Gasteiger partial charge on any atom is 0.325 e. The van der Waals surface area contributed by atoms with Gasteiger partial charge in [0, 0.05) is 6.04 Å². The van der Waals surface area contributed by atoms with E-state index < -0.39 is 18.0 Å². The molecule has 0 bridgehead atoms. The molecule has 7 heteroatoms. The highest BCUT2D eigenvalue weighted by Crippen LogP contribution is 2.18. The van der Waals surface area contributed by atoms with Crippen LogP contribution < -0.4 is 16.0 Å². The topological polar surface area (TPSA) is 108 Å². The van der Waals surface area contributed by atoms with Crippen LogP contribution in [0.25, 0.3) is 0 Å². The number of carboxylic acid groups (broad SMARTS) is 1. The highest BCUT2D eigenvalue weighted by molar-refractivity contribution is 5.86. The van der Waals surface area contributed by atoms with E-state index in [1.807, 2.05) is 0 Å². The number of hydrogen-bond acceptors (Lipinski definition) is 3. The molecule has 0 aromatic rings.